The number of rotatable bonds is 5. The van der Waals surface area contributed by atoms with Gasteiger partial charge in [0, 0.05) is 6.92 Å². The SMILES string of the molecule is CC(=O)OC[C@H]1O[C@@H](n2cnc3c(=O)[nH]c(C)nc32)[C@@](O)(C(C)=O)[C@@]1(O)C(C)=O. The number of esters is 1. The van der Waals surface area contributed by atoms with Gasteiger partial charge in [-0.05, 0) is 20.8 Å². The van der Waals surface area contributed by atoms with Gasteiger partial charge in [-0.2, -0.15) is 0 Å². The van der Waals surface area contributed by atoms with Gasteiger partial charge < -0.3 is 24.7 Å². The van der Waals surface area contributed by atoms with E-state index in [9.17, 15) is 29.4 Å². The van der Waals surface area contributed by atoms with Crippen molar-refractivity contribution in [1.82, 2.24) is 19.5 Å². The van der Waals surface area contributed by atoms with Crippen LogP contribution in [0.2, 0.25) is 0 Å². The highest BCUT2D eigenvalue weighted by molar-refractivity contribution is 5.99. The van der Waals surface area contributed by atoms with Crippen molar-refractivity contribution in [2.45, 2.75) is 51.2 Å². The van der Waals surface area contributed by atoms with Crippen molar-refractivity contribution in [2.24, 2.45) is 0 Å². The number of fused-ring (bicyclic) bond motifs is 1. The predicted molar refractivity (Wildman–Crippen MR) is 94.7 cm³/mol. The zero-order valence-electron chi connectivity index (χ0n) is 16.1. The number of H-pyrrole nitrogens is 1. The molecule has 0 unspecified atom stereocenters. The number of aryl methyl sites for hydroxylation is 1. The lowest BCUT2D eigenvalue weighted by Gasteiger charge is -2.37. The van der Waals surface area contributed by atoms with E-state index in [1.54, 1.807) is 0 Å². The minimum Gasteiger partial charge on any atom is -0.463 e. The summed E-state index contributed by atoms with van der Waals surface area (Å²) < 4.78 is 11.6. The van der Waals surface area contributed by atoms with E-state index in [2.05, 4.69) is 15.0 Å². The summed E-state index contributed by atoms with van der Waals surface area (Å²) >= 11 is 0. The molecule has 0 radical (unpaired) electrons. The van der Waals surface area contributed by atoms with Crippen LogP contribution in [0.5, 0.6) is 0 Å². The summed E-state index contributed by atoms with van der Waals surface area (Å²) in [5.74, 6) is -2.44. The Morgan fingerprint density at radius 2 is 1.86 bits per heavy atom. The molecule has 12 heteroatoms. The monoisotopic (exact) mass is 408 g/mol. The van der Waals surface area contributed by atoms with E-state index >= 15 is 0 Å². The standard InChI is InChI=1S/C17H20N4O8/c1-7(22)16(26)11(5-28-10(4)24)29-15(17(16,27)8(2)23)21-6-18-12-13(21)19-9(3)20-14(12)25/h6,11,15,26-27H,5H2,1-4H3,(H,19,20,25)/t11-,15-,16-,17+/m1/s1. The quantitative estimate of drug-likeness (QED) is 0.495. The third-order valence-electron chi connectivity index (χ3n) is 5.01. The maximum atomic E-state index is 12.5. The molecule has 3 heterocycles. The zero-order valence-corrected chi connectivity index (χ0v) is 16.1. The molecule has 0 aromatic carbocycles. The summed E-state index contributed by atoms with van der Waals surface area (Å²) in [7, 11) is 0. The fourth-order valence-corrected chi connectivity index (χ4v) is 3.55. The van der Waals surface area contributed by atoms with Crippen LogP contribution in [-0.4, -0.2) is 71.2 Å². The minimum absolute atomic E-state index is 0.0324. The van der Waals surface area contributed by atoms with Crippen LogP contribution in [0.15, 0.2) is 11.1 Å². The van der Waals surface area contributed by atoms with Gasteiger partial charge in [0.05, 0.1) is 6.33 Å². The fourth-order valence-electron chi connectivity index (χ4n) is 3.55. The molecule has 29 heavy (non-hydrogen) atoms. The zero-order chi connectivity index (χ0) is 21.7. The average Bonchev–Trinajstić information content (AvgIpc) is 3.12. The van der Waals surface area contributed by atoms with Crippen LogP contribution in [0.25, 0.3) is 11.2 Å². The smallest absolute Gasteiger partial charge is 0.302 e. The van der Waals surface area contributed by atoms with Gasteiger partial charge in [-0.1, -0.05) is 0 Å². The lowest BCUT2D eigenvalue weighted by Crippen LogP contribution is -2.66. The van der Waals surface area contributed by atoms with E-state index in [0.29, 0.717) is 0 Å². The van der Waals surface area contributed by atoms with Gasteiger partial charge in [-0.3, -0.25) is 23.7 Å². The molecule has 156 valence electrons. The van der Waals surface area contributed by atoms with Gasteiger partial charge in [0.2, 0.25) is 5.60 Å². The van der Waals surface area contributed by atoms with Crippen molar-refractivity contribution in [2.75, 3.05) is 6.61 Å². The molecular weight excluding hydrogens is 388 g/mol. The molecule has 1 fully saturated rings. The summed E-state index contributed by atoms with van der Waals surface area (Å²) in [4.78, 5) is 58.7. The Hall–Kier alpha value is -2.96. The molecule has 0 spiro atoms. The van der Waals surface area contributed by atoms with Crippen LogP contribution in [0, 0.1) is 6.92 Å². The number of imidazole rings is 1. The molecule has 0 saturated carbocycles. The second-order valence-electron chi connectivity index (χ2n) is 6.90. The first-order chi connectivity index (χ1) is 13.4. The van der Waals surface area contributed by atoms with Crippen LogP contribution in [0.3, 0.4) is 0 Å². The van der Waals surface area contributed by atoms with Gasteiger partial charge >= 0.3 is 5.97 Å². The molecule has 0 aliphatic carbocycles. The van der Waals surface area contributed by atoms with E-state index < -0.39 is 53.2 Å². The number of nitrogens with one attached hydrogen (secondary N) is 1. The molecule has 0 amide bonds. The highest BCUT2D eigenvalue weighted by Crippen LogP contribution is 2.47. The molecule has 2 aromatic rings. The van der Waals surface area contributed by atoms with Crippen LogP contribution in [0.4, 0.5) is 0 Å². The van der Waals surface area contributed by atoms with Crippen molar-refractivity contribution in [1.29, 1.82) is 0 Å². The van der Waals surface area contributed by atoms with Gasteiger partial charge in [0.15, 0.2) is 34.6 Å². The van der Waals surface area contributed by atoms with Crippen LogP contribution >= 0.6 is 0 Å². The number of aromatic nitrogens is 4. The van der Waals surface area contributed by atoms with Gasteiger partial charge in [0.1, 0.15) is 18.5 Å². The molecule has 4 atom stereocenters. The van der Waals surface area contributed by atoms with Crippen LogP contribution < -0.4 is 5.56 Å². The summed E-state index contributed by atoms with van der Waals surface area (Å²) in [5, 5.41) is 22.4. The molecule has 2 aromatic heterocycles. The number of carbonyl (C=O) groups excluding carboxylic acids is 3. The van der Waals surface area contributed by atoms with E-state index in [4.69, 9.17) is 9.47 Å². The highest BCUT2D eigenvalue weighted by atomic mass is 16.6. The highest BCUT2D eigenvalue weighted by Gasteiger charge is 2.72. The van der Waals surface area contributed by atoms with Crippen molar-refractivity contribution in [3.8, 4) is 0 Å². The third kappa shape index (κ3) is 2.87. The summed E-state index contributed by atoms with van der Waals surface area (Å²) in [6, 6.07) is 0. The molecule has 1 aliphatic heterocycles. The minimum atomic E-state index is -2.77. The number of hydrogen-bond donors (Lipinski definition) is 3. The van der Waals surface area contributed by atoms with Crippen LogP contribution in [0.1, 0.15) is 32.8 Å². The number of nitrogens with zero attached hydrogens (tertiary/aromatic N) is 3. The Morgan fingerprint density at radius 3 is 2.41 bits per heavy atom. The summed E-state index contributed by atoms with van der Waals surface area (Å²) in [6.07, 6.45) is -2.14. The van der Waals surface area contributed by atoms with Gasteiger partial charge in [-0.15, -0.1) is 0 Å². The van der Waals surface area contributed by atoms with E-state index in [0.717, 1.165) is 31.7 Å². The molecule has 0 bridgehead atoms. The summed E-state index contributed by atoms with van der Waals surface area (Å²) in [5.41, 5.74) is -6.19. The van der Waals surface area contributed by atoms with Crippen molar-refractivity contribution in [3.63, 3.8) is 0 Å². The second-order valence-corrected chi connectivity index (χ2v) is 6.90. The first-order valence-corrected chi connectivity index (χ1v) is 8.63. The average molecular weight is 408 g/mol. The lowest BCUT2D eigenvalue weighted by molar-refractivity contribution is -0.182. The van der Waals surface area contributed by atoms with Gasteiger partial charge in [-0.25, -0.2) is 9.97 Å². The molecule has 3 N–H and O–H groups in total. The third-order valence-corrected chi connectivity index (χ3v) is 5.01. The van der Waals surface area contributed by atoms with Crippen LogP contribution in [-0.2, 0) is 23.9 Å². The Labute approximate surface area is 163 Å². The number of carbonyl (C=O) groups is 3. The Kier molecular flexibility index (Phi) is 4.89. The van der Waals surface area contributed by atoms with E-state index in [1.165, 1.54) is 6.92 Å². The molecule has 1 saturated heterocycles. The maximum Gasteiger partial charge on any atom is 0.302 e. The van der Waals surface area contributed by atoms with Crippen molar-refractivity contribution >= 4 is 28.7 Å². The number of ketones is 2. The molecule has 1 aliphatic rings. The fraction of sp³-hybridized carbons (Fsp3) is 0.529. The molecular formula is C17H20N4O8. The van der Waals surface area contributed by atoms with Crippen molar-refractivity contribution < 1.29 is 34.1 Å². The number of aromatic amines is 1. The lowest BCUT2D eigenvalue weighted by atomic mass is 9.75. The largest absolute Gasteiger partial charge is 0.463 e. The number of aliphatic hydroxyl groups is 2. The van der Waals surface area contributed by atoms with E-state index in [1.807, 2.05) is 0 Å². The van der Waals surface area contributed by atoms with E-state index in [-0.39, 0.29) is 17.0 Å². The Balaban J connectivity index is 2.23. The first kappa shape index (κ1) is 20.8. The molecule has 12 nitrogen and oxygen atoms in total. The van der Waals surface area contributed by atoms with Crippen molar-refractivity contribution in [3.05, 3.63) is 22.5 Å². The summed E-state index contributed by atoms with van der Waals surface area (Å²) in [6.45, 7) is 3.97. The number of ether oxygens (including phenoxy) is 2. The van der Waals surface area contributed by atoms with Gasteiger partial charge in [0.25, 0.3) is 5.56 Å². The second kappa shape index (κ2) is 6.83. The normalized spacial score (nSPS) is 29.2. The Bertz CT molecular complexity index is 1080. The predicted octanol–water partition coefficient (Wildman–Crippen LogP) is -1.47. The topological polar surface area (TPSA) is 174 Å². The molecule has 3 rings (SSSR count). The Morgan fingerprint density at radius 1 is 1.24 bits per heavy atom. The first-order valence-electron chi connectivity index (χ1n) is 8.63. The number of hydrogen-bond acceptors (Lipinski definition) is 10. The maximum absolute atomic E-state index is 12.5. The number of Topliss-reactive ketones (excluding diaryl/α,β-unsaturated/α-hetero) is 2.